The highest BCUT2D eigenvalue weighted by molar-refractivity contribution is 5.62. The summed E-state index contributed by atoms with van der Waals surface area (Å²) < 4.78 is 5.43. The lowest BCUT2D eigenvalue weighted by Crippen LogP contribution is -2.22. The van der Waals surface area contributed by atoms with E-state index in [1.54, 1.807) is 7.11 Å². The molecule has 0 radical (unpaired) electrons. The Bertz CT molecular complexity index is 529. The number of nitrogens with zero attached hydrogens (tertiary/aromatic N) is 1. The van der Waals surface area contributed by atoms with Crippen molar-refractivity contribution in [2.75, 3.05) is 12.8 Å². The largest absolute Gasteiger partial charge is 0.382 e. The van der Waals surface area contributed by atoms with Crippen molar-refractivity contribution in [3.8, 4) is 11.3 Å². The molecule has 1 aromatic carbocycles. The average molecular weight is 259 g/mol. The maximum atomic E-state index is 5.60. The zero-order valence-corrected chi connectivity index (χ0v) is 11.7. The highest BCUT2D eigenvalue weighted by Gasteiger charge is 2.15. The van der Waals surface area contributed by atoms with Gasteiger partial charge in [0, 0.05) is 13.2 Å². The third kappa shape index (κ3) is 3.58. The van der Waals surface area contributed by atoms with Crippen molar-refractivity contribution in [2.45, 2.75) is 32.3 Å². The summed E-state index contributed by atoms with van der Waals surface area (Å²) in [4.78, 5) is 0. The van der Waals surface area contributed by atoms with Crippen LogP contribution >= 0.6 is 0 Å². The van der Waals surface area contributed by atoms with Gasteiger partial charge in [0.1, 0.15) is 5.82 Å². The molecule has 1 aromatic heterocycles. The average Bonchev–Trinajstić information content (AvgIpc) is 2.84. The third-order valence-corrected chi connectivity index (χ3v) is 3.43. The fourth-order valence-electron chi connectivity index (χ4n) is 1.88. The van der Waals surface area contributed by atoms with E-state index in [0.717, 1.165) is 24.1 Å². The molecule has 19 heavy (non-hydrogen) atoms. The van der Waals surface area contributed by atoms with Crippen LogP contribution in [0, 0.1) is 0 Å². The van der Waals surface area contributed by atoms with E-state index in [1.807, 2.05) is 6.07 Å². The van der Waals surface area contributed by atoms with Crippen LogP contribution in [0.1, 0.15) is 25.8 Å². The molecule has 2 aromatic rings. The van der Waals surface area contributed by atoms with E-state index >= 15 is 0 Å². The summed E-state index contributed by atoms with van der Waals surface area (Å²) in [5, 5.41) is 6.84. The number of nitrogens with two attached hydrogens (primary N) is 1. The van der Waals surface area contributed by atoms with Gasteiger partial charge < -0.3 is 10.5 Å². The Morgan fingerprint density at radius 2 is 1.95 bits per heavy atom. The first-order valence-electron chi connectivity index (χ1n) is 6.45. The minimum atomic E-state index is -0.0729. The zero-order chi connectivity index (χ0) is 13.9. The number of H-pyrrole nitrogens is 1. The molecule has 0 aliphatic carbocycles. The molecule has 0 bridgehead atoms. The van der Waals surface area contributed by atoms with Crippen molar-refractivity contribution in [3.63, 3.8) is 0 Å². The second-order valence-electron chi connectivity index (χ2n) is 5.37. The number of ether oxygens (including phenoxy) is 1. The molecule has 102 valence electrons. The lowest BCUT2D eigenvalue weighted by atomic mass is 9.98. The molecule has 0 amide bonds. The molecule has 3 N–H and O–H groups in total. The van der Waals surface area contributed by atoms with Gasteiger partial charge in [0.05, 0.1) is 11.3 Å². The van der Waals surface area contributed by atoms with Gasteiger partial charge in [-0.2, -0.15) is 5.10 Å². The maximum Gasteiger partial charge on any atom is 0.145 e. The maximum absolute atomic E-state index is 5.60. The molecule has 0 spiro atoms. The predicted octanol–water partition coefficient (Wildman–Crippen LogP) is 3.02. The van der Waals surface area contributed by atoms with Gasteiger partial charge in [-0.15, -0.1) is 0 Å². The van der Waals surface area contributed by atoms with Gasteiger partial charge in [0.15, 0.2) is 0 Å². The van der Waals surface area contributed by atoms with Crippen molar-refractivity contribution >= 4 is 5.82 Å². The van der Waals surface area contributed by atoms with E-state index in [4.69, 9.17) is 10.5 Å². The summed E-state index contributed by atoms with van der Waals surface area (Å²) in [6, 6.07) is 10.3. The summed E-state index contributed by atoms with van der Waals surface area (Å²) >= 11 is 0. The van der Waals surface area contributed by atoms with E-state index < -0.39 is 0 Å². The van der Waals surface area contributed by atoms with E-state index in [-0.39, 0.29) is 5.60 Å². The zero-order valence-electron chi connectivity index (χ0n) is 11.7. The Kier molecular flexibility index (Phi) is 3.90. The van der Waals surface area contributed by atoms with Crippen LogP contribution < -0.4 is 5.73 Å². The fraction of sp³-hybridized carbons (Fsp3) is 0.400. The van der Waals surface area contributed by atoms with Crippen LogP contribution in [0.25, 0.3) is 11.3 Å². The van der Waals surface area contributed by atoms with Crippen LogP contribution in [0.2, 0.25) is 0 Å². The first-order chi connectivity index (χ1) is 9.00. The molecule has 0 fully saturated rings. The summed E-state index contributed by atoms with van der Waals surface area (Å²) in [5.74, 6) is 0.515. The molecule has 0 aliphatic rings. The van der Waals surface area contributed by atoms with Crippen LogP contribution in [0.3, 0.4) is 0 Å². The van der Waals surface area contributed by atoms with Gasteiger partial charge in [-0.25, -0.2) is 0 Å². The van der Waals surface area contributed by atoms with Gasteiger partial charge >= 0.3 is 0 Å². The molecule has 0 saturated heterocycles. The molecular weight excluding hydrogens is 238 g/mol. The molecule has 0 aliphatic heterocycles. The van der Waals surface area contributed by atoms with Gasteiger partial charge in [-0.1, -0.05) is 24.3 Å². The Hall–Kier alpha value is -1.81. The number of aryl methyl sites for hydroxylation is 1. The van der Waals surface area contributed by atoms with Crippen molar-refractivity contribution in [1.29, 1.82) is 0 Å². The smallest absolute Gasteiger partial charge is 0.145 e. The van der Waals surface area contributed by atoms with E-state index in [9.17, 15) is 0 Å². The molecule has 1 heterocycles. The SMILES string of the molecule is COC(C)(C)CCc1ccc(-c2cc(N)n[nH]2)cc1. The summed E-state index contributed by atoms with van der Waals surface area (Å²) in [6.07, 6.45) is 2.01. The molecule has 0 atom stereocenters. The first kappa shape index (κ1) is 13.6. The lowest BCUT2D eigenvalue weighted by molar-refractivity contribution is 0.0158. The van der Waals surface area contributed by atoms with Gasteiger partial charge in [-0.05, 0) is 37.8 Å². The first-order valence-corrected chi connectivity index (χ1v) is 6.45. The Labute approximate surface area is 114 Å². The Morgan fingerprint density at radius 1 is 1.26 bits per heavy atom. The summed E-state index contributed by atoms with van der Waals surface area (Å²) in [6.45, 7) is 4.21. The number of benzene rings is 1. The molecule has 4 nitrogen and oxygen atoms in total. The van der Waals surface area contributed by atoms with E-state index in [0.29, 0.717) is 5.82 Å². The fourth-order valence-corrected chi connectivity index (χ4v) is 1.88. The van der Waals surface area contributed by atoms with Crippen molar-refractivity contribution in [1.82, 2.24) is 10.2 Å². The monoisotopic (exact) mass is 259 g/mol. The van der Waals surface area contributed by atoms with E-state index in [2.05, 4.69) is 48.3 Å². The van der Waals surface area contributed by atoms with Crippen LogP contribution in [0.15, 0.2) is 30.3 Å². The van der Waals surface area contributed by atoms with Crippen LogP contribution in [0.4, 0.5) is 5.82 Å². The predicted molar refractivity (Wildman–Crippen MR) is 77.8 cm³/mol. The van der Waals surface area contributed by atoms with Gasteiger partial charge in [0.2, 0.25) is 0 Å². The number of nitrogens with one attached hydrogen (secondary N) is 1. The molecule has 2 rings (SSSR count). The van der Waals surface area contributed by atoms with Crippen LogP contribution in [0.5, 0.6) is 0 Å². The molecule has 0 saturated carbocycles. The third-order valence-electron chi connectivity index (χ3n) is 3.43. The minimum Gasteiger partial charge on any atom is -0.382 e. The van der Waals surface area contributed by atoms with E-state index in [1.165, 1.54) is 5.56 Å². The topological polar surface area (TPSA) is 63.9 Å². The number of rotatable bonds is 5. The molecule has 4 heteroatoms. The second-order valence-corrected chi connectivity index (χ2v) is 5.37. The van der Waals surface area contributed by atoms with Crippen molar-refractivity contribution < 1.29 is 4.74 Å². The Balaban J connectivity index is 2.03. The van der Waals surface area contributed by atoms with Gasteiger partial charge in [-0.3, -0.25) is 5.10 Å². The molecule has 0 unspecified atom stereocenters. The van der Waals surface area contributed by atoms with Crippen LogP contribution in [-0.2, 0) is 11.2 Å². The quantitative estimate of drug-likeness (QED) is 0.867. The Morgan fingerprint density at radius 3 is 2.47 bits per heavy atom. The normalized spacial score (nSPS) is 11.7. The number of methoxy groups -OCH3 is 1. The number of aromatic nitrogens is 2. The van der Waals surface area contributed by atoms with Crippen molar-refractivity contribution in [3.05, 3.63) is 35.9 Å². The summed E-state index contributed by atoms with van der Waals surface area (Å²) in [5.41, 5.74) is 8.88. The number of aromatic amines is 1. The number of nitrogen functional groups attached to an aromatic ring is 1. The van der Waals surface area contributed by atoms with Gasteiger partial charge in [0.25, 0.3) is 0 Å². The standard InChI is InChI=1S/C15H21N3O/c1-15(2,19-3)9-8-11-4-6-12(7-5-11)13-10-14(16)18-17-13/h4-7,10H,8-9H2,1-3H3,(H3,16,17,18). The number of hydrogen-bond acceptors (Lipinski definition) is 3. The minimum absolute atomic E-state index is 0.0729. The lowest BCUT2D eigenvalue weighted by Gasteiger charge is -2.22. The second kappa shape index (κ2) is 5.45. The highest BCUT2D eigenvalue weighted by Crippen LogP contribution is 2.21. The summed E-state index contributed by atoms with van der Waals surface area (Å²) in [7, 11) is 1.76. The number of hydrogen-bond donors (Lipinski definition) is 2. The number of anilines is 1. The molecular formula is C15H21N3O. The van der Waals surface area contributed by atoms with Crippen LogP contribution in [-0.4, -0.2) is 22.9 Å². The van der Waals surface area contributed by atoms with Crippen molar-refractivity contribution in [2.24, 2.45) is 0 Å². The highest BCUT2D eigenvalue weighted by atomic mass is 16.5.